The van der Waals surface area contributed by atoms with Gasteiger partial charge in [-0.25, -0.2) is 9.07 Å². The van der Waals surface area contributed by atoms with Crippen LogP contribution in [0.25, 0.3) is 11.4 Å². The van der Waals surface area contributed by atoms with Gasteiger partial charge in [0.2, 0.25) is 0 Å². The minimum Gasteiger partial charge on any atom is -0.398 e. The third-order valence-electron chi connectivity index (χ3n) is 4.10. The lowest BCUT2D eigenvalue weighted by molar-refractivity contribution is 0.225. The number of hydrogen-bond donors (Lipinski definition) is 1. The summed E-state index contributed by atoms with van der Waals surface area (Å²) >= 11 is 0. The van der Waals surface area contributed by atoms with Crippen molar-refractivity contribution in [3.05, 3.63) is 23.5 Å². The first-order valence-electron chi connectivity index (χ1n) is 7.02. The molecule has 1 atom stereocenters. The maximum absolute atomic E-state index is 13.9. The van der Waals surface area contributed by atoms with Crippen LogP contribution in [0, 0.1) is 24.1 Å². The third kappa shape index (κ3) is 3.20. The number of nitrogen functional groups attached to an aromatic ring is 1. The molecule has 2 N–H and O–H groups in total. The Morgan fingerprint density at radius 1 is 1.33 bits per heavy atom. The van der Waals surface area contributed by atoms with E-state index in [9.17, 15) is 4.39 Å². The van der Waals surface area contributed by atoms with Crippen molar-refractivity contribution in [2.45, 2.75) is 41.2 Å². The molecule has 2 aromatic rings. The Hall–Kier alpha value is -1.98. The van der Waals surface area contributed by atoms with Gasteiger partial charge in [0.25, 0.3) is 0 Å². The second kappa shape index (κ2) is 5.42. The van der Waals surface area contributed by atoms with Crippen LogP contribution in [-0.2, 0) is 6.54 Å². The second-order valence-corrected chi connectivity index (χ2v) is 6.62. The van der Waals surface area contributed by atoms with Crippen LogP contribution in [0.4, 0.5) is 10.1 Å². The molecule has 0 aliphatic heterocycles. The van der Waals surface area contributed by atoms with E-state index in [0.29, 0.717) is 35.1 Å². The molecule has 2 rings (SSSR count). The molecule has 1 heterocycles. The number of halogens is 1. The van der Waals surface area contributed by atoms with Gasteiger partial charge in [-0.2, -0.15) is 0 Å². The molecule has 1 unspecified atom stereocenters. The van der Waals surface area contributed by atoms with Crippen molar-refractivity contribution >= 4 is 5.69 Å². The number of tetrazole rings is 1. The smallest absolute Gasteiger partial charge is 0.182 e. The molecule has 114 valence electrons. The summed E-state index contributed by atoms with van der Waals surface area (Å²) in [5, 5.41) is 11.7. The molecule has 0 bridgehead atoms. The summed E-state index contributed by atoms with van der Waals surface area (Å²) in [6, 6.07) is 3.14. The molecule has 5 nitrogen and oxygen atoms in total. The van der Waals surface area contributed by atoms with E-state index in [2.05, 4.69) is 43.2 Å². The fraction of sp³-hybridized carbons (Fsp3) is 0.533. The lowest BCUT2D eigenvalue weighted by Gasteiger charge is -2.27. The number of aromatic nitrogens is 4. The van der Waals surface area contributed by atoms with Gasteiger partial charge in [0, 0.05) is 23.4 Å². The Labute approximate surface area is 124 Å². The van der Waals surface area contributed by atoms with Crippen molar-refractivity contribution in [2.75, 3.05) is 5.73 Å². The number of nitrogens with two attached hydrogens (primary N) is 1. The van der Waals surface area contributed by atoms with Gasteiger partial charge in [-0.05, 0) is 40.8 Å². The third-order valence-corrected chi connectivity index (χ3v) is 4.10. The Morgan fingerprint density at radius 2 is 2.00 bits per heavy atom. The van der Waals surface area contributed by atoms with Gasteiger partial charge in [0.05, 0.1) is 0 Å². The zero-order valence-corrected chi connectivity index (χ0v) is 13.2. The molecule has 1 aromatic carbocycles. The van der Waals surface area contributed by atoms with E-state index >= 15 is 0 Å². The van der Waals surface area contributed by atoms with Crippen LogP contribution >= 0.6 is 0 Å². The molecule has 0 fully saturated rings. The predicted molar refractivity (Wildman–Crippen MR) is 81.0 cm³/mol. The van der Waals surface area contributed by atoms with Crippen molar-refractivity contribution in [2.24, 2.45) is 11.3 Å². The highest BCUT2D eigenvalue weighted by atomic mass is 19.1. The Kier molecular flexibility index (Phi) is 3.98. The average Bonchev–Trinajstić information content (AvgIpc) is 2.82. The van der Waals surface area contributed by atoms with Gasteiger partial charge >= 0.3 is 0 Å². The van der Waals surface area contributed by atoms with Crippen LogP contribution in [0.3, 0.4) is 0 Å². The molecule has 0 aliphatic rings. The summed E-state index contributed by atoms with van der Waals surface area (Å²) in [5.74, 6) is 0.563. The van der Waals surface area contributed by atoms with Crippen molar-refractivity contribution < 1.29 is 4.39 Å². The molecule has 1 aromatic heterocycles. The fourth-order valence-electron chi connectivity index (χ4n) is 1.90. The van der Waals surface area contributed by atoms with Crippen LogP contribution in [0.5, 0.6) is 0 Å². The Morgan fingerprint density at radius 3 is 2.57 bits per heavy atom. The number of benzene rings is 1. The maximum Gasteiger partial charge on any atom is 0.182 e. The molecule has 0 saturated carbocycles. The van der Waals surface area contributed by atoms with E-state index in [1.165, 1.54) is 6.07 Å². The zero-order valence-electron chi connectivity index (χ0n) is 13.2. The highest BCUT2D eigenvalue weighted by Gasteiger charge is 2.22. The summed E-state index contributed by atoms with van der Waals surface area (Å²) < 4.78 is 15.6. The molecule has 0 radical (unpaired) electrons. The number of nitrogens with zero attached hydrogens (tertiary/aromatic N) is 4. The Bertz CT molecular complexity index is 619. The zero-order chi connectivity index (χ0) is 15.8. The summed E-state index contributed by atoms with van der Waals surface area (Å²) in [6.45, 7) is 11.0. The normalized spacial score (nSPS) is 13.4. The summed E-state index contributed by atoms with van der Waals surface area (Å²) in [6.07, 6.45) is 0. The average molecular weight is 291 g/mol. The minimum absolute atomic E-state index is 0.140. The van der Waals surface area contributed by atoms with Gasteiger partial charge < -0.3 is 5.73 Å². The highest BCUT2D eigenvalue weighted by Crippen LogP contribution is 2.29. The van der Waals surface area contributed by atoms with Crippen molar-refractivity contribution in [3.63, 3.8) is 0 Å². The van der Waals surface area contributed by atoms with Crippen molar-refractivity contribution in [1.29, 1.82) is 0 Å². The van der Waals surface area contributed by atoms with E-state index in [1.54, 1.807) is 17.7 Å². The van der Waals surface area contributed by atoms with Crippen molar-refractivity contribution in [1.82, 2.24) is 20.2 Å². The highest BCUT2D eigenvalue weighted by molar-refractivity contribution is 5.63. The second-order valence-electron chi connectivity index (χ2n) is 6.62. The van der Waals surface area contributed by atoms with E-state index in [4.69, 9.17) is 5.73 Å². The van der Waals surface area contributed by atoms with Gasteiger partial charge in [-0.3, -0.25) is 0 Å². The number of anilines is 1. The standard InChI is InChI=1S/C15H22FN5/c1-9(15(3,4)5)8-21-14(18-19-20-21)11-6-12(16)10(2)13(17)7-11/h6-7,9H,8,17H2,1-5H3. The van der Waals surface area contributed by atoms with Crippen LogP contribution in [0.2, 0.25) is 0 Å². The monoisotopic (exact) mass is 291 g/mol. The molecular formula is C15H22FN5. The van der Waals surface area contributed by atoms with Crippen LogP contribution < -0.4 is 5.73 Å². The predicted octanol–water partition coefficient (Wildman–Crippen LogP) is 3.05. The van der Waals surface area contributed by atoms with E-state index < -0.39 is 0 Å². The van der Waals surface area contributed by atoms with E-state index in [-0.39, 0.29) is 11.2 Å². The van der Waals surface area contributed by atoms with Gasteiger partial charge in [-0.1, -0.05) is 27.7 Å². The van der Waals surface area contributed by atoms with Gasteiger partial charge in [0.1, 0.15) is 5.82 Å². The quantitative estimate of drug-likeness (QED) is 0.882. The topological polar surface area (TPSA) is 69.6 Å². The molecule has 0 spiro atoms. The molecule has 0 aliphatic carbocycles. The van der Waals surface area contributed by atoms with Crippen LogP contribution in [0.1, 0.15) is 33.3 Å². The van der Waals surface area contributed by atoms with Gasteiger partial charge in [-0.15, -0.1) is 5.10 Å². The van der Waals surface area contributed by atoms with E-state index in [1.807, 2.05) is 0 Å². The first-order valence-corrected chi connectivity index (χ1v) is 7.02. The molecule has 6 heteroatoms. The SMILES string of the molecule is Cc1c(N)cc(-c2nnnn2CC(C)C(C)(C)C)cc1F. The molecular weight excluding hydrogens is 269 g/mol. The maximum atomic E-state index is 13.9. The van der Waals surface area contributed by atoms with Crippen molar-refractivity contribution in [3.8, 4) is 11.4 Å². The van der Waals surface area contributed by atoms with Gasteiger partial charge in [0.15, 0.2) is 5.82 Å². The molecule has 0 amide bonds. The minimum atomic E-state index is -0.344. The summed E-state index contributed by atoms with van der Waals surface area (Å²) in [5.41, 5.74) is 7.42. The summed E-state index contributed by atoms with van der Waals surface area (Å²) in [4.78, 5) is 0. The fourth-order valence-corrected chi connectivity index (χ4v) is 1.90. The first-order chi connectivity index (χ1) is 9.70. The largest absolute Gasteiger partial charge is 0.398 e. The Balaban J connectivity index is 2.37. The number of hydrogen-bond acceptors (Lipinski definition) is 4. The molecule has 21 heavy (non-hydrogen) atoms. The number of rotatable bonds is 3. The van der Waals surface area contributed by atoms with E-state index in [0.717, 1.165) is 0 Å². The lowest BCUT2D eigenvalue weighted by Crippen LogP contribution is -2.23. The summed E-state index contributed by atoms with van der Waals surface area (Å²) in [7, 11) is 0. The molecule has 0 saturated heterocycles. The lowest BCUT2D eigenvalue weighted by atomic mass is 9.82. The van der Waals surface area contributed by atoms with Crippen LogP contribution in [-0.4, -0.2) is 20.2 Å². The van der Waals surface area contributed by atoms with Crippen LogP contribution in [0.15, 0.2) is 12.1 Å². The first kappa shape index (κ1) is 15.4.